The number of ether oxygens (including phenoxy) is 1. The van der Waals surface area contributed by atoms with Gasteiger partial charge in [0.1, 0.15) is 18.2 Å². The van der Waals surface area contributed by atoms with E-state index >= 15 is 0 Å². The molecule has 2 aromatic carbocycles. The smallest absolute Gasteiger partial charge is 0.254 e. The summed E-state index contributed by atoms with van der Waals surface area (Å²) in [5.74, 6) is 0.878. The van der Waals surface area contributed by atoms with Crippen molar-refractivity contribution < 1.29 is 17.9 Å². The molecule has 37 heavy (non-hydrogen) atoms. The van der Waals surface area contributed by atoms with E-state index in [1.54, 1.807) is 30.3 Å². The van der Waals surface area contributed by atoms with Gasteiger partial charge >= 0.3 is 0 Å². The Morgan fingerprint density at radius 2 is 1.92 bits per heavy atom. The van der Waals surface area contributed by atoms with Crippen molar-refractivity contribution in [2.24, 2.45) is 5.73 Å². The number of aromatic nitrogens is 2. The molecule has 2 fully saturated rings. The Labute approximate surface area is 214 Å². The van der Waals surface area contributed by atoms with Crippen molar-refractivity contribution in [1.29, 1.82) is 0 Å². The molecule has 6 rings (SSSR count). The molecule has 3 aromatic rings. The highest BCUT2D eigenvalue weighted by Crippen LogP contribution is 2.38. The third kappa shape index (κ3) is 4.65. The van der Waals surface area contributed by atoms with Crippen molar-refractivity contribution in [3.05, 3.63) is 60.3 Å². The second-order valence-electron chi connectivity index (χ2n) is 9.38. The zero-order valence-electron chi connectivity index (χ0n) is 20.0. The van der Waals surface area contributed by atoms with Crippen LogP contribution in [0.15, 0.2) is 59.6 Å². The molecule has 0 radical (unpaired) electrons. The molecule has 192 valence electrons. The standard InChI is InChI=1S/C25H27N7O4S/c26-23(33)20-13-27-25(30-24(20)28-16-6-7-16)29-17-8-9-21-22(12-17)36-15-18-14-31(10-11-32(18)21)37(34,35)19-4-2-1-3-5-19/h1-5,8-9,12-13,16,18H,6-7,10-11,14-15H2,(H2,26,33)(H2,27,28,29,30)/t18-/m0/s1. The van der Waals surface area contributed by atoms with Crippen LogP contribution in [0, 0.1) is 0 Å². The third-order valence-corrected chi connectivity index (χ3v) is 8.63. The highest BCUT2D eigenvalue weighted by Gasteiger charge is 2.37. The maximum Gasteiger partial charge on any atom is 0.254 e. The van der Waals surface area contributed by atoms with E-state index in [0.717, 1.165) is 24.2 Å². The number of nitrogens with two attached hydrogens (primary N) is 1. The monoisotopic (exact) mass is 521 g/mol. The number of carbonyl (C=O) groups is 1. The lowest BCUT2D eigenvalue weighted by Crippen LogP contribution is -2.58. The predicted octanol–water partition coefficient (Wildman–Crippen LogP) is 2.17. The number of nitrogens with one attached hydrogen (secondary N) is 2. The summed E-state index contributed by atoms with van der Waals surface area (Å²) >= 11 is 0. The molecular formula is C25H27N7O4S. The molecule has 1 aromatic heterocycles. The van der Waals surface area contributed by atoms with E-state index in [-0.39, 0.29) is 11.6 Å². The van der Waals surface area contributed by atoms with E-state index in [1.165, 1.54) is 10.5 Å². The van der Waals surface area contributed by atoms with E-state index < -0.39 is 15.9 Å². The van der Waals surface area contributed by atoms with E-state index in [0.29, 0.717) is 54.7 Å². The van der Waals surface area contributed by atoms with Gasteiger partial charge in [-0.25, -0.2) is 13.4 Å². The molecule has 1 saturated heterocycles. The highest BCUT2D eigenvalue weighted by atomic mass is 32.2. The second-order valence-corrected chi connectivity index (χ2v) is 11.3. The Hall–Kier alpha value is -3.90. The summed E-state index contributed by atoms with van der Waals surface area (Å²) in [5, 5.41) is 6.40. The van der Waals surface area contributed by atoms with Crippen LogP contribution in [0.25, 0.3) is 0 Å². The Morgan fingerprint density at radius 3 is 2.68 bits per heavy atom. The number of piperazine rings is 1. The molecule has 2 aliphatic heterocycles. The van der Waals surface area contributed by atoms with Crippen molar-refractivity contribution in [1.82, 2.24) is 14.3 Å². The fourth-order valence-corrected chi connectivity index (χ4v) is 6.15. The highest BCUT2D eigenvalue weighted by molar-refractivity contribution is 7.89. The molecule has 3 heterocycles. The van der Waals surface area contributed by atoms with E-state index in [9.17, 15) is 13.2 Å². The van der Waals surface area contributed by atoms with Crippen LogP contribution in [0.2, 0.25) is 0 Å². The number of nitrogens with zero attached hydrogens (tertiary/aromatic N) is 4. The number of fused-ring (bicyclic) bond motifs is 3. The largest absolute Gasteiger partial charge is 0.489 e. The molecule has 1 saturated carbocycles. The van der Waals surface area contributed by atoms with Crippen molar-refractivity contribution in [3.8, 4) is 5.75 Å². The number of primary amides is 1. The fraction of sp³-hybridized carbons (Fsp3) is 0.320. The quantitative estimate of drug-likeness (QED) is 0.426. The first kappa shape index (κ1) is 23.5. The van der Waals surface area contributed by atoms with Gasteiger partial charge in [0.05, 0.1) is 22.2 Å². The topological polar surface area (TPSA) is 143 Å². The third-order valence-electron chi connectivity index (χ3n) is 6.76. The molecular weight excluding hydrogens is 494 g/mol. The zero-order valence-corrected chi connectivity index (χ0v) is 20.8. The summed E-state index contributed by atoms with van der Waals surface area (Å²) in [6.07, 6.45) is 3.48. The van der Waals surface area contributed by atoms with Gasteiger partial charge in [0.15, 0.2) is 0 Å². The van der Waals surface area contributed by atoms with E-state index in [2.05, 4.69) is 25.5 Å². The first-order valence-corrected chi connectivity index (χ1v) is 13.6. The molecule has 3 aliphatic rings. The van der Waals surface area contributed by atoms with E-state index in [1.807, 2.05) is 18.2 Å². The SMILES string of the molecule is NC(=O)c1cnc(Nc2ccc3c(c2)OC[C@@H]2CN(S(=O)(=O)c4ccccc4)CCN32)nc1NC1CC1. The molecule has 1 amide bonds. The minimum absolute atomic E-state index is 0.0840. The molecule has 0 unspecified atom stereocenters. The summed E-state index contributed by atoms with van der Waals surface area (Å²) in [5.41, 5.74) is 7.37. The van der Waals surface area contributed by atoms with Gasteiger partial charge in [-0.1, -0.05) is 18.2 Å². The molecule has 11 nitrogen and oxygen atoms in total. The van der Waals surface area contributed by atoms with Crippen LogP contribution >= 0.6 is 0 Å². The number of carbonyl (C=O) groups excluding carboxylic acids is 1. The van der Waals surface area contributed by atoms with Crippen molar-refractivity contribution in [3.63, 3.8) is 0 Å². The summed E-state index contributed by atoms with van der Waals surface area (Å²) in [4.78, 5) is 22.9. The molecule has 0 spiro atoms. The first-order valence-electron chi connectivity index (χ1n) is 12.2. The maximum absolute atomic E-state index is 13.1. The minimum Gasteiger partial charge on any atom is -0.489 e. The number of benzene rings is 2. The van der Waals surface area contributed by atoms with Crippen LogP contribution in [0.5, 0.6) is 5.75 Å². The van der Waals surface area contributed by atoms with Crippen molar-refractivity contribution in [2.45, 2.75) is 29.8 Å². The van der Waals surface area contributed by atoms with Crippen LogP contribution in [-0.2, 0) is 10.0 Å². The number of amides is 1. The molecule has 4 N–H and O–H groups in total. The second kappa shape index (κ2) is 9.20. The van der Waals surface area contributed by atoms with Gasteiger partial charge in [-0.05, 0) is 37.1 Å². The normalized spacial score (nSPS) is 19.4. The van der Waals surface area contributed by atoms with Gasteiger partial charge < -0.3 is 26.0 Å². The summed E-state index contributed by atoms with van der Waals surface area (Å²) in [7, 11) is -3.55. The fourth-order valence-electron chi connectivity index (χ4n) is 4.66. The van der Waals surface area contributed by atoms with E-state index in [4.69, 9.17) is 10.5 Å². The molecule has 0 bridgehead atoms. The lowest BCUT2D eigenvalue weighted by atomic mass is 10.1. The maximum atomic E-state index is 13.1. The zero-order chi connectivity index (χ0) is 25.6. The number of hydrogen-bond acceptors (Lipinski definition) is 9. The molecule has 12 heteroatoms. The van der Waals surface area contributed by atoms with Gasteiger partial charge in [0, 0.05) is 43.6 Å². The van der Waals surface area contributed by atoms with Crippen molar-refractivity contribution in [2.75, 3.05) is 41.8 Å². The summed E-state index contributed by atoms with van der Waals surface area (Å²) in [6.45, 7) is 1.68. The minimum atomic E-state index is -3.55. The lowest BCUT2D eigenvalue weighted by Gasteiger charge is -2.45. The average molecular weight is 522 g/mol. The predicted molar refractivity (Wildman–Crippen MR) is 139 cm³/mol. The Bertz CT molecular complexity index is 1450. The van der Waals surface area contributed by atoms with Crippen LogP contribution in [0.1, 0.15) is 23.2 Å². The van der Waals surface area contributed by atoms with Gasteiger partial charge in [0.2, 0.25) is 16.0 Å². The van der Waals surface area contributed by atoms with Crippen LogP contribution in [-0.4, -0.2) is 66.9 Å². The van der Waals surface area contributed by atoms with Crippen molar-refractivity contribution >= 4 is 39.1 Å². The number of anilines is 4. The molecule has 1 atom stereocenters. The van der Waals surface area contributed by atoms with Gasteiger partial charge in [0.25, 0.3) is 5.91 Å². The van der Waals surface area contributed by atoms with Gasteiger partial charge in [-0.3, -0.25) is 4.79 Å². The van der Waals surface area contributed by atoms with Gasteiger partial charge in [-0.2, -0.15) is 9.29 Å². The number of rotatable bonds is 7. The number of sulfonamides is 1. The molecule has 1 aliphatic carbocycles. The Balaban J connectivity index is 1.18. The van der Waals surface area contributed by atoms with Gasteiger partial charge in [-0.15, -0.1) is 0 Å². The van der Waals surface area contributed by atoms with Crippen LogP contribution in [0.4, 0.5) is 23.1 Å². The average Bonchev–Trinajstić information content (AvgIpc) is 3.72. The lowest BCUT2D eigenvalue weighted by molar-refractivity contribution is 0.100. The first-order chi connectivity index (χ1) is 17.9. The van der Waals surface area contributed by atoms with Crippen LogP contribution < -0.4 is 26.0 Å². The number of hydrogen-bond donors (Lipinski definition) is 3. The Kier molecular flexibility index (Phi) is 5.84. The van der Waals surface area contributed by atoms with Crippen LogP contribution in [0.3, 0.4) is 0 Å². The summed E-state index contributed by atoms with van der Waals surface area (Å²) in [6, 6.07) is 14.5. The Morgan fingerprint density at radius 1 is 1.11 bits per heavy atom. The summed E-state index contributed by atoms with van der Waals surface area (Å²) < 4.78 is 33.8.